The zero-order valence-corrected chi connectivity index (χ0v) is 16.1. The third-order valence-corrected chi connectivity index (χ3v) is 4.92. The van der Waals surface area contributed by atoms with Crippen molar-refractivity contribution in [1.82, 2.24) is 9.29 Å². The summed E-state index contributed by atoms with van der Waals surface area (Å²) in [6.45, 7) is 8.68. The molecule has 0 aliphatic rings. The molecule has 2 rings (SSSR count). The Kier molecular flexibility index (Phi) is 5.15. The minimum absolute atomic E-state index is 0.0282. The highest BCUT2D eigenvalue weighted by molar-refractivity contribution is 7.89. The van der Waals surface area contributed by atoms with Crippen molar-refractivity contribution in [2.45, 2.75) is 51.2 Å². The maximum absolute atomic E-state index is 12.7. The van der Waals surface area contributed by atoms with E-state index in [4.69, 9.17) is 9.47 Å². The van der Waals surface area contributed by atoms with E-state index >= 15 is 0 Å². The van der Waals surface area contributed by atoms with E-state index in [1.165, 1.54) is 17.9 Å². The van der Waals surface area contributed by atoms with Gasteiger partial charge in [0.1, 0.15) is 16.2 Å². The van der Waals surface area contributed by atoms with Gasteiger partial charge < -0.3 is 9.47 Å². The van der Waals surface area contributed by atoms with Crippen molar-refractivity contribution in [3.8, 4) is 5.75 Å². The number of methoxy groups -OCH3 is 1. The first-order valence-corrected chi connectivity index (χ1v) is 9.38. The molecule has 1 heterocycles. The molecule has 0 unspecified atom stereocenters. The predicted octanol–water partition coefficient (Wildman–Crippen LogP) is 3.12. The standard InChI is InChI=1S/C17H24N2O5S/c1-11(2)18-25(21,22)14-10-19(16(20)24-17(3,4)5)12-8-7-9-13(23-6)15(12)14/h7-11,18H,1-6H3. The van der Waals surface area contributed by atoms with Crippen molar-refractivity contribution in [2.24, 2.45) is 0 Å². The molecule has 0 bridgehead atoms. The maximum Gasteiger partial charge on any atom is 0.419 e. The molecule has 0 saturated heterocycles. The third-order valence-electron chi connectivity index (χ3n) is 3.25. The molecule has 7 nitrogen and oxygen atoms in total. The number of ether oxygens (including phenoxy) is 2. The van der Waals surface area contributed by atoms with E-state index in [9.17, 15) is 13.2 Å². The van der Waals surface area contributed by atoms with Crippen molar-refractivity contribution in [2.75, 3.05) is 7.11 Å². The van der Waals surface area contributed by atoms with Crippen LogP contribution in [0.25, 0.3) is 10.9 Å². The van der Waals surface area contributed by atoms with Crippen LogP contribution in [-0.4, -0.2) is 37.8 Å². The summed E-state index contributed by atoms with van der Waals surface area (Å²) in [5.41, 5.74) is -0.306. The lowest BCUT2D eigenvalue weighted by Gasteiger charge is -2.19. The van der Waals surface area contributed by atoms with Crippen molar-refractivity contribution < 1.29 is 22.7 Å². The summed E-state index contributed by atoms with van der Waals surface area (Å²) in [5.74, 6) is 0.365. The van der Waals surface area contributed by atoms with E-state index in [-0.39, 0.29) is 10.9 Å². The zero-order valence-electron chi connectivity index (χ0n) is 15.3. The van der Waals surface area contributed by atoms with Crippen LogP contribution in [0.3, 0.4) is 0 Å². The number of carbonyl (C=O) groups is 1. The summed E-state index contributed by atoms with van der Waals surface area (Å²) in [6.07, 6.45) is 0.614. The van der Waals surface area contributed by atoms with Crippen molar-refractivity contribution in [1.29, 1.82) is 0 Å². The van der Waals surface area contributed by atoms with Crippen LogP contribution >= 0.6 is 0 Å². The Hall–Kier alpha value is -2.06. The molecular weight excluding hydrogens is 344 g/mol. The molecule has 0 spiro atoms. The summed E-state index contributed by atoms with van der Waals surface area (Å²) in [7, 11) is -2.38. The summed E-state index contributed by atoms with van der Waals surface area (Å²) >= 11 is 0. The lowest BCUT2D eigenvalue weighted by atomic mass is 10.2. The molecule has 0 atom stereocenters. The van der Waals surface area contributed by atoms with Crippen LogP contribution in [0, 0.1) is 0 Å². The molecule has 138 valence electrons. The number of rotatable bonds is 4. The molecule has 0 aliphatic carbocycles. The fourth-order valence-corrected chi connectivity index (χ4v) is 3.89. The number of aromatic nitrogens is 1. The van der Waals surface area contributed by atoms with Gasteiger partial charge in [0, 0.05) is 12.2 Å². The number of nitrogens with one attached hydrogen (secondary N) is 1. The molecule has 1 aromatic heterocycles. The lowest BCUT2D eigenvalue weighted by molar-refractivity contribution is 0.0544. The van der Waals surface area contributed by atoms with E-state index in [1.807, 2.05) is 0 Å². The number of carbonyl (C=O) groups excluding carboxylic acids is 1. The Morgan fingerprint density at radius 1 is 1.24 bits per heavy atom. The second-order valence-corrected chi connectivity index (χ2v) is 8.66. The van der Waals surface area contributed by atoms with Gasteiger partial charge >= 0.3 is 6.09 Å². The number of hydrogen-bond donors (Lipinski definition) is 1. The molecule has 0 amide bonds. The number of nitrogens with zero attached hydrogens (tertiary/aromatic N) is 1. The number of benzene rings is 1. The fraction of sp³-hybridized carbons (Fsp3) is 0.471. The smallest absolute Gasteiger partial charge is 0.419 e. The molecule has 0 radical (unpaired) electrons. The Morgan fingerprint density at radius 3 is 2.40 bits per heavy atom. The topological polar surface area (TPSA) is 86.6 Å². The predicted molar refractivity (Wildman–Crippen MR) is 95.6 cm³/mol. The van der Waals surface area contributed by atoms with Crippen LogP contribution in [-0.2, 0) is 14.8 Å². The highest BCUT2D eigenvalue weighted by Gasteiger charge is 2.28. The number of sulfonamides is 1. The van der Waals surface area contributed by atoms with E-state index in [2.05, 4.69) is 4.72 Å². The normalized spacial score (nSPS) is 12.6. The molecule has 0 aliphatic heterocycles. The van der Waals surface area contributed by atoms with Gasteiger partial charge in [-0.15, -0.1) is 0 Å². The van der Waals surface area contributed by atoms with Gasteiger partial charge in [-0.05, 0) is 46.8 Å². The Balaban J connectivity index is 2.73. The van der Waals surface area contributed by atoms with Crippen LogP contribution in [0.4, 0.5) is 4.79 Å². The average Bonchev–Trinajstić information content (AvgIpc) is 2.84. The van der Waals surface area contributed by atoms with Crippen molar-refractivity contribution in [3.63, 3.8) is 0 Å². The van der Waals surface area contributed by atoms with Gasteiger partial charge in [0.15, 0.2) is 0 Å². The lowest BCUT2D eigenvalue weighted by Crippen LogP contribution is -2.30. The SMILES string of the molecule is COc1cccc2c1c(S(=O)(=O)NC(C)C)cn2C(=O)OC(C)(C)C. The van der Waals surface area contributed by atoms with Gasteiger partial charge in [-0.25, -0.2) is 17.9 Å². The summed E-state index contributed by atoms with van der Waals surface area (Å²) in [6, 6.07) is 4.69. The van der Waals surface area contributed by atoms with Crippen LogP contribution in [0.15, 0.2) is 29.3 Å². The highest BCUT2D eigenvalue weighted by atomic mass is 32.2. The van der Waals surface area contributed by atoms with Crippen molar-refractivity contribution in [3.05, 3.63) is 24.4 Å². The fourth-order valence-electron chi connectivity index (χ4n) is 2.43. The van der Waals surface area contributed by atoms with E-state index < -0.39 is 21.7 Å². The Bertz CT molecular complexity index is 892. The molecule has 0 fully saturated rings. The van der Waals surface area contributed by atoms with Crippen LogP contribution < -0.4 is 9.46 Å². The van der Waals surface area contributed by atoms with Crippen molar-refractivity contribution >= 4 is 27.0 Å². The minimum Gasteiger partial charge on any atom is -0.496 e. The monoisotopic (exact) mass is 368 g/mol. The quantitative estimate of drug-likeness (QED) is 0.896. The maximum atomic E-state index is 12.7. The zero-order chi connectivity index (χ0) is 19.0. The average molecular weight is 368 g/mol. The van der Waals surface area contributed by atoms with Gasteiger partial charge in [-0.2, -0.15) is 0 Å². The highest BCUT2D eigenvalue weighted by Crippen LogP contribution is 2.34. The molecule has 25 heavy (non-hydrogen) atoms. The van der Waals surface area contributed by atoms with Gasteiger partial charge in [0.2, 0.25) is 10.0 Å². The molecular formula is C17H24N2O5S. The summed E-state index contributed by atoms with van der Waals surface area (Å²) in [4.78, 5) is 12.5. The Labute approximate surface area is 148 Å². The minimum atomic E-state index is -3.83. The summed E-state index contributed by atoms with van der Waals surface area (Å²) < 4.78 is 39.8. The number of hydrogen-bond acceptors (Lipinski definition) is 5. The van der Waals surface area contributed by atoms with E-state index in [1.54, 1.807) is 52.8 Å². The van der Waals surface area contributed by atoms with Gasteiger partial charge in [0.25, 0.3) is 0 Å². The third kappa shape index (κ3) is 4.13. The molecule has 2 aromatic rings. The van der Waals surface area contributed by atoms with Gasteiger partial charge in [-0.3, -0.25) is 4.57 Å². The van der Waals surface area contributed by atoms with Crippen LogP contribution in [0.5, 0.6) is 5.75 Å². The van der Waals surface area contributed by atoms with Gasteiger partial charge in [0.05, 0.1) is 18.0 Å². The number of fused-ring (bicyclic) bond motifs is 1. The molecule has 1 aromatic carbocycles. The first kappa shape index (κ1) is 19.3. The second-order valence-electron chi connectivity index (χ2n) is 6.97. The Morgan fingerprint density at radius 2 is 1.88 bits per heavy atom. The summed E-state index contributed by atoms with van der Waals surface area (Å²) in [5, 5.41) is 0.337. The van der Waals surface area contributed by atoms with E-state index in [0.29, 0.717) is 16.7 Å². The molecule has 1 N–H and O–H groups in total. The van der Waals surface area contributed by atoms with Gasteiger partial charge in [-0.1, -0.05) is 6.07 Å². The first-order chi connectivity index (χ1) is 11.5. The van der Waals surface area contributed by atoms with E-state index in [0.717, 1.165) is 0 Å². The van der Waals surface area contributed by atoms with Crippen LogP contribution in [0.1, 0.15) is 34.6 Å². The molecule has 8 heteroatoms. The largest absolute Gasteiger partial charge is 0.496 e. The molecule has 0 saturated carbocycles. The second kappa shape index (κ2) is 6.68. The van der Waals surface area contributed by atoms with Crippen LogP contribution in [0.2, 0.25) is 0 Å². The first-order valence-electron chi connectivity index (χ1n) is 7.90.